The van der Waals surface area contributed by atoms with Crippen molar-refractivity contribution < 1.29 is 5.11 Å². The molecule has 0 aliphatic carbocycles. The lowest BCUT2D eigenvalue weighted by Gasteiger charge is -2.15. The van der Waals surface area contributed by atoms with Crippen LogP contribution in [0.2, 0.25) is 0 Å². The predicted molar refractivity (Wildman–Crippen MR) is 78.4 cm³/mol. The summed E-state index contributed by atoms with van der Waals surface area (Å²) in [7, 11) is 0. The van der Waals surface area contributed by atoms with Gasteiger partial charge in [0.25, 0.3) is 0 Å². The smallest absolute Gasteiger partial charge is 0.0976 e. The summed E-state index contributed by atoms with van der Waals surface area (Å²) in [5.74, 6) is 0. The third-order valence-electron chi connectivity index (χ3n) is 3.50. The normalized spacial score (nSPS) is 12.8. The van der Waals surface area contributed by atoms with E-state index in [1.807, 2.05) is 48.9 Å². The molecule has 0 radical (unpaired) electrons. The van der Waals surface area contributed by atoms with Crippen LogP contribution in [0.15, 0.2) is 43.0 Å². The number of pyridine rings is 1. The van der Waals surface area contributed by atoms with Gasteiger partial charge in [0.1, 0.15) is 0 Å². The molecule has 20 heavy (non-hydrogen) atoms. The predicted octanol–water partition coefficient (Wildman–Crippen LogP) is 2.78. The van der Waals surface area contributed by atoms with Gasteiger partial charge in [0.05, 0.1) is 24.5 Å². The van der Waals surface area contributed by atoms with E-state index in [-0.39, 0.29) is 0 Å². The van der Waals surface area contributed by atoms with Crippen LogP contribution < -0.4 is 0 Å². The highest BCUT2D eigenvalue weighted by Gasteiger charge is 2.14. The van der Waals surface area contributed by atoms with Crippen molar-refractivity contribution in [3.8, 4) is 0 Å². The number of aromatic nitrogens is 3. The summed E-state index contributed by atoms with van der Waals surface area (Å²) in [6.07, 6.45) is 4.71. The van der Waals surface area contributed by atoms with E-state index in [0.717, 1.165) is 27.7 Å². The van der Waals surface area contributed by atoms with E-state index in [9.17, 15) is 5.11 Å². The zero-order valence-electron chi connectivity index (χ0n) is 11.6. The Hall–Kier alpha value is -2.20. The van der Waals surface area contributed by atoms with Crippen LogP contribution >= 0.6 is 0 Å². The van der Waals surface area contributed by atoms with Crippen molar-refractivity contribution in [3.05, 3.63) is 59.8 Å². The van der Waals surface area contributed by atoms with Gasteiger partial charge in [-0.2, -0.15) is 0 Å². The number of rotatable bonds is 3. The number of aliphatic hydroxyl groups is 1. The zero-order chi connectivity index (χ0) is 14.1. The Balaban J connectivity index is 2.08. The summed E-state index contributed by atoms with van der Waals surface area (Å²) >= 11 is 0. The topological polar surface area (TPSA) is 50.9 Å². The first-order valence-corrected chi connectivity index (χ1v) is 6.66. The summed E-state index contributed by atoms with van der Waals surface area (Å²) in [5.41, 5.74) is 3.94. The number of para-hydroxylation sites is 1. The molecule has 0 amide bonds. The molecule has 102 valence electrons. The first-order chi connectivity index (χ1) is 9.65. The lowest BCUT2D eigenvalue weighted by atomic mass is 10.0. The average Bonchev–Trinajstić information content (AvgIpc) is 2.92. The molecule has 1 N–H and O–H groups in total. The number of aliphatic hydroxyl groups excluding tert-OH is 1. The Kier molecular flexibility index (Phi) is 3.24. The van der Waals surface area contributed by atoms with Crippen LogP contribution in [0.3, 0.4) is 0 Å². The van der Waals surface area contributed by atoms with E-state index in [2.05, 4.69) is 9.97 Å². The van der Waals surface area contributed by atoms with Gasteiger partial charge in [0.2, 0.25) is 0 Å². The molecule has 0 spiro atoms. The second-order valence-corrected chi connectivity index (χ2v) is 5.10. The SMILES string of the molecule is Cc1cc(C(O)Cn2ccnc2)c2cccc(C)c2n1. The Labute approximate surface area is 117 Å². The molecule has 1 atom stereocenters. The van der Waals surface area contributed by atoms with Gasteiger partial charge < -0.3 is 9.67 Å². The van der Waals surface area contributed by atoms with Crippen LogP contribution in [0.4, 0.5) is 0 Å². The number of imidazole rings is 1. The van der Waals surface area contributed by atoms with Crippen LogP contribution in [0.25, 0.3) is 10.9 Å². The number of hydrogen-bond donors (Lipinski definition) is 1. The van der Waals surface area contributed by atoms with Crippen LogP contribution in [-0.4, -0.2) is 19.6 Å². The van der Waals surface area contributed by atoms with Crippen molar-refractivity contribution >= 4 is 10.9 Å². The van der Waals surface area contributed by atoms with Crippen LogP contribution in [0.1, 0.15) is 22.9 Å². The fourth-order valence-corrected chi connectivity index (χ4v) is 2.52. The molecule has 2 aromatic heterocycles. The van der Waals surface area contributed by atoms with Crippen LogP contribution in [0, 0.1) is 13.8 Å². The molecular formula is C16H17N3O. The maximum atomic E-state index is 10.5. The fourth-order valence-electron chi connectivity index (χ4n) is 2.52. The minimum atomic E-state index is -0.574. The molecule has 4 nitrogen and oxygen atoms in total. The average molecular weight is 267 g/mol. The van der Waals surface area contributed by atoms with E-state index in [0.29, 0.717) is 6.54 Å². The van der Waals surface area contributed by atoms with E-state index in [1.54, 1.807) is 12.5 Å². The number of aryl methyl sites for hydroxylation is 2. The van der Waals surface area contributed by atoms with Crippen molar-refractivity contribution in [1.82, 2.24) is 14.5 Å². The number of benzene rings is 1. The molecule has 3 aromatic rings. The van der Waals surface area contributed by atoms with Crippen LogP contribution in [-0.2, 0) is 6.54 Å². The van der Waals surface area contributed by atoms with Gasteiger partial charge >= 0.3 is 0 Å². The molecule has 0 saturated carbocycles. The molecule has 0 aliphatic heterocycles. The molecule has 0 saturated heterocycles. The first-order valence-electron chi connectivity index (χ1n) is 6.66. The summed E-state index contributed by atoms with van der Waals surface area (Å²) < 4.78 is 1.88. The van der Waals surface area contributed by atoms with Crippen molar-refractivity contribution in [3.63, 3.8) is 0 Å². The van der Waals surface area contributed by atoms with Crippen molar-refractivity contribution in [2.45, 2.75) is 26.5 Å². The Morgan fingerprint density at radius 3 is 2.90 bits per heavy atom. The van der Waals surface area contributed by atoms with Crippen molar-refractivity contribution in [2.24, 2.45) is 0 Å². The lowest BCUT2D eigenvalue weighted by Crippen LogP contribution is -2.08. The largest absolute Gasteiger partial charge is 0.387 e. The van der Waals surface area contributed by atoms with Gasteiger partial charge in [-0.15, -0.1) is 0 Å². The number of fused-ring (bicyclic) bond motifs is 1. The van der Waals surface area contributed by atoms with Crippen LogP contribution in [0.5, 0.6) is 0 Å². The number of nitrogens with zero attached hydrogens (tertiary/aromatic N) is 3. The second kappa shape index (κ2) is 5.06. The Morgan fingerprint density at radius 1 is 1.30 bits per heavy atom. The molecule has 2 heterocycles. The summed E-state index contributed by atoms with van der Waals surface area (Å²) in [6, 6.07) is 8.02. The van der Waals surface area contributed by atoms with Gasteiger partial charge in [-0.25, -0.2) is 4.98 Å². The van der Waals surface area contributed by atoms with Crippen molar-refractivity contribution in [2.75, 3.05) is 0 Å². The quantitative estimate of drug-likeness (QED) is 0.794. The summed E-state index contributed by atoms with van der Waals surface area (Å²) in [4.78, 5) is 8.59. The van der Waals surface area contributed by atoms with E-state index < -0.39 is 6.10 Å². The number of hydrogen-bond acceptors (Lipinski definition) is 3. The molecule has 3 rings (SSSR count). The lowest BCUT2D eigenvalue weighted by molar-refractivity contribution is 0.158. The molecule has 0 bridgehead atoms. The molecule has 0 aliphatic rings. The van der Waals surface area contributed by atoms with Gasteiger partial charge in [-0.3, -0.25) is 4.98 Å². The van der Waals surface area contributed by atoms with E-state index >= 15 is 0 Å². The van der Waals surface area contributed by atoms with Gasteiger partial charge in [0, 0.05) is 23.5 Å². The Bertz CT molecular complexity index is 735. The minimum Gasteiger partial charge on any atom is -0.387 e. The third kappa shape index (κ3) is 2.30. The summed E-state index contributed by atoms with van der Waals surface area (Å²) in [6.45, 7) is 4.49. The molecule has 0 fully saturated rings. The first kappa shape index (κ1) is 12.8. The Morgan fingerprint density at radius 2 is 2.15 bits per heavy atom. The maximum absolute atomic E-state index is 10.5. The fraction of sp³-hybridized carbons (Fsp3) is 0.250. The molecule has 4 heteroatoms. The van der Waals surface area contributed by atoms with E-state index in [4.69, 9.17) is 0 Å². The highest BCUT2D eigenvalue weighted by Crippen LogP contribution is 2.27. The highest BCUT2D eigenvalue weighted by atomic mass is 16.3. The zero-order valence-corrected chi connectivity index (χ0v) is 11.6. The highest BCUT2D eigenvalue weighted by molar-refractivity contribution is 5.85. The minimum absolute atomic E-state index is 0.493. The van der Waals surface area contributed by atoms with Gasteiger partial charge in [-0.05, 0) is 31.0 Å². The van der Waals surface area contributed by atoms with E-state index in [1.165, 1.54) is 0 Å². The standard InChI is InChI=1S/C16H17N3O/c1-11-4-3-5-13-14(8-12(2)18-16(11)13)15(20)9-19-7-6-17-10-19/h3-8,10,15,20H,9H2,1-2H3. The summed E-state index contributed by atoms with van der Waals surface area (Å²) in [5, 5.41) is 11.5. The second-order valence-electron chi connectivity index (χ2n) is 5.10. The molecule has 1 unspecified atom stereocenters. The van der Waals surface area contributed by atoms with Crippen molar-refractivity contribution in [1.29, 1.82) is 0 Å². The maximum Gasteiger partial charge on any atom is 0.0976 e. The molecule has 1 aromatic carbocycles. The van der Waals surface area contributed by atoms with Gasteiger partial charge in [-0.1, -0.05) is 18.2 Å². The van der Waals surface area contributed by atoms with Gasteiger partial charge in [0.15, 0.2) is 0 Å². The third-order valence-corrected chi connectivity index (χ3v) is 3.50. The molecular weight excluding hydrogens is 250 g/mol. The monoisotopic (exact) mass is 267 g/mol.